The first-order valence-corrected chi connectivity index (χ1v) is 14.0. The molecule has 2 atom stereocenters. The highest BCUT2D eigenvalue weighted by molar-refractivity contribution is 6.04. The van der Waals surface area contributed by atoms with E-state index in [-0.39, 0.29) is 29.6 Å². The lowest BCUT2D eigenvalue weighted by Crippen LogP contribution is -2.36. The minimum absolute atomic E-state index is 0.0305. The van der Waals surface area contributed by atoms with E-state index in [0.717, 1.165) is 54.5 Å². The van der Waals surface area contributed by atoms with E-state index >= 15 is 0 Å². The molecule has 2 aromatic carbocycles. The molecule has 38 heavy (non-hydrogen) atoms. The van der Waals surface area contributed by atoms with Gasteiger partial charge in [-0.2, -0.15) is 5.10 Å². The van der Waals surface area contributed by atoms with Crippen LogP contribution in [-0.2, 0) is 16.1 Å². The number of nitrogens with one attached hydrogen (secondary N) is 1. The van der Waals surface area contributed by atoms with Gasteiger partial charge < -0.3 is 10.4 Å². The van der Waals surface area contributed by atoms with Gasteiger partial charge in [0.15, 0.2) is 0 Å². The highest BCUT2D eigenvalue weighted by Crippen LogP contribution is 2.32. The molecule has 2 amide bonds. The Morgan fingerprint density at radius 1 is 1.08 bits per heavy atom. The van der Waals surface area contributed by atoms with Gasteiger partial charge in [0, 0.05) is 25.3 Å². The van der Waals surface area contributed by atoms with Crippen LogP contribution in [0.15, 0.2) is 72.0 Å². The molecule has 1 saturated carbocycles. The van der Waals surface area contributed by atoms with Crippen molar-refractivity contribution >= 4 is 17.5 Å². The van der Waals surface area contributed by atoms with Crippen molar-refractivity contribution in [2.45, 2.75) is 71.3 Å². The molecule has 6 heteroatoms. The maximum atomic E-state index is 13.3. The molecular formula is C32H41N3O3. The molecule has 0 bridgehead atoms. The van der Waals surface area contributed by atoms with Crippen LogP contribution in [0.4, 0.5) is 0 Å². The third-order valence-corrected chi connectivity index (χ3v) is 8.26. The first-order chi connectivity index (χ1) is 18.4. The minimum atomic E-state index is -0.220. The van der Waals surface area contributed by atoms with Gasteiger partial charge in [-0.05, 0) is 54.2 Å². The standard InChI is InChI=1S/C32H41N3O3/c1-4-22(2)31(32(38)33-20-24-10-14-26(15-11-24)23(3)36)28-16-12-25(13-17-28)21-35-30(37)19-18-29(34-35)27-8-6-5-7-9-27/h5-9,12-13,16-17,22,24,26,31,36H,3-4,10-11,14-15,18-21H2,1-2H3,(H,33,38). The lowest BCUT2D eigenvalue weighted by Gasteiger charge is -2.29. The Morgan fingerprint density at radius 2 is 1.76 bits per heavy atom. The Kier molecular flexibility index (Phi) is 9.38. The Labute approximate surface area is 226 Å². The van der Waals surface area contributed by atoms with E-state index in [1.54, 1.807) is 5.01 Å². The van der Waals surface area contributed by atoms with Gasteiger partial charge in [0.2, 0.25) is 11.8 Å². The quantitative estimate of drug-likeness (QED) is 0.362. The van der Waals surface area contributed by atoms with Crippen LogP contribution in [0.25, 0.3) is 0 Å². The van der Waals surface area contributed by atoms with Crippen LogP contribution in [0.3, 0.4) is 0 Å². The summed E-state index contributed by atoms with van der Waals surface area (Å²) in [5, 5.41) is 19.1. The van der Waals surface area contributed by atoms with Crippen LogP contribution < -0.4 is 5.32 Å². The van der Waals surface area contributed by atoms with Crippen molar-refractivity contribution in [3.05, 3.63) is 83.6 Å². The summed E-state index contributed by atoms with van der Waals surface area (Å²) in [6.07, 6.45) is 5.88. The summed E-state index contributed by atoms with van der Waals surface area (Å²) < 4.78 is 0. The van der Waals surface area contributed by atoms with Gasteiger partial charge in [-0.25, -0.2) is 5.01 Å². The Balaban J connectivity index is 1.39. The molecular weight excluding hydrogens is 474 g/mol. The smallest absolute Gasteiger partial charge is 0.243 e. The molecule has 1 aliphatic carbocycles. The van der Waals surface area contributed by atoms with E-state index in [1.165, 1.54) is 0 Å². The zero-order valence-corrected chi connectivity index (χ0v) is 22.7. The molecule has 202 valence electrons. The summed E-state index contributed by atoms with van der Waals surface area (Å²) in [6.45, 7) is 9.02. The monoisotopic (exact) mass is 515 g/mol. The third-order valence-electron chi connectivity index (χ3n) is 8.26. The van der Waals surface area contributed by atoms with Crippen molar-refractivity contribution in [1.29, 1.82) is 0 Å². The van der Waals surface area contributed by atoms with E-state index in [9.17, 15) is 14.7 Å². The average molecular weight is 516 g/mol. The van der Waals surface area contributed by atoms with E-state index < -0.39 is 0 Å². The number of hydrazone groups is 1. The topological polar surface area (TPSA) is 82.0 Å². The van der Waals surface area contributed by atoms with Gasteiger partial charge in [0.05, 0.1) is 23.9 Å². The fourth-order valence-corrected chi connectivity index (χ4v) is 5.59. The first kappa shape index (κ1) is 27.6. The molecule has 0 saturated heterocycles. The second kappa shape index (κ2) is 12.9. The molecule has 2 aliphatic rings. The predicted molar refractivity (Wildman–Crippen MR) is 152 cm³/mol. The summed E-state index contributed by atoms with van der Waals surface area (Å²) in [6, 6.07) is 18.1. The minimum Gasteiger partial charge on any atom is -0.513 e. The number of allylic oxidation sites excluding steroid dienone is 1. The fourth-order valence-electron chi connectivity index (χ4n) is 5.59. The summed E-state index contributed by atoms with van der Waals surface area (Å²) in [4.78, 5) is 25.9. The van der Waals surface area contributed by atoms with Crippen molar-refractivity contribution in [2.75, 3.05) is 6.54 Å². The number of carbonyl (C=O) groups excluding carboxylic acids is 2. The van der Waals surface area contributed by atoms with E-state index in [0.29, 0.717) is 37.6 Å². The number of nitrogens with zero attached hydrogens (tertiary/aromatic N) is 2. The van der Waals surface area contributed by atoms with Crippen molar-refractivity contribution in [3.63, 3.8) is 0 Å². The van der Waals surface area contributed by atoms with Gasteiger partial charge in [-0.15, -0.1) is 0 Å². The summed E-state index contributed by atoms with van der Waals surface area (Å²) in [5.41, 5.74) is 3.98. The zero-order valence-electron chi connectivity index (χ0n) is 22.7. The van der Waals surface area contributed by atoms with Crippen molar-refractivity contribution in [1.82, 2.24) is 10.3 Å². The Bertz CT molecular complexity index is 1130. The van der Waals surface area contributed by atoms with E-state index in [1.807, 2.05) is 54.6 Å². The van der Waals surface area contributed by atoms with Gasteiger partial charge in [0.25, 0.3) is 0 Å². The Hall–Kier alpha value is -3.41. The number of rotatable bonds is 10. The van der Waals surface area contributed by atoms with Crippen LogP contribution in [0.1, 0.15) is 81.4 Å². The normalized spacial score (nSPS) is 21.4. The van der Waals surface area contributed by atoms with Crippen LogP contribution >= 0.6 is 0 Å². The summed E-state index contributed by atoms with van der Waals surface area (Å²) in [7, 11) is 0. The Morgan fingerprint density at radius 3 is 2.39 bits per heavy atom. The fraction of sp³-hybridized carbons (Fsp3) is 0.469. The van der Waals surface area contributed by atoms with Crippen LogP contribution in [-0.4, -0.2) is 34.2 Å². The van der Waals surface area contributed by atoms with E-state index in [2.05, 4.69) is 30.8 Å². The second-order valence-corrected chi connectivity index (χ2v) is 10.9. The molecule has 0 aromatic heterocycles. The lowest BCUT2D eigenvalue weighted by atomic mass is 9.81. The molecule has 0 radical (unpaired) electrons. The molecule has 1 aliphatic heterocycles. The summed E-state index contributed by atoms with van der Waals surface area (Å²) >= 11 is 0. The molecule has 6 nitrogen and oxygen atoms in total. The van der Waals surface area contributed by atoms with Crippen molar-refractivity contribution in [3.8, 4) is 0 Å². The zero-order chi connectivity index (χ0) is 27.1. The third kappa shape index (κ3) is 6.91. The van der Waals surface area contributed by atoms with Crippen LogP contribution in [0.2, 0.25) is 0 Å². The van der Waals surface area contributed by atoms with Gasteiger partial charge in [-0.1, -0.05) is 81.4 Å². The maximum absolute atomic E-state index is 13.3. The number of aliphatic hydroxyl groups excluding tert-OH is 1. The molecule has 2 unspecified atom stereocenters. The first-order valence-electron chi connectivity index (χ1n) is 14.0. The number of hydrogen-bond acceptors (Lipinski definition) is 4. The maximum Gasteiger partial charge on any atom is 0.243 e. The largest absolute Gasteiger partial charge is 0.513 e. The average Bonchev–Trinajstić information content (AvgIpc) is 2.94. The van der Waals surface area contributed by atoms with Gasteiger partial charge >= 0.3 is 0 Å². The number of hydrogen-bond donors (Lipinski definition) is 2. The molecule has 2 aromatic rings. The molecule has 0 spiro atoms. The SMILES string of the molecule is C=C(O)C1CCC(CNC(=O)C(c2ccc(CN3N=C(c4ccccc4)CCC3=O)cc2)C(C)CC)CC1. The van der Waals surface area contributed by atoms with E-state index in [4.69, 9.17) is 0 Å². The molecule has 4 rings (SSSR count). The van der Waals surface area contributed by atoms with Crippen molar-refractivity contribution < 1.29 is 14.7 Å². The molecule has 1 fully saturated rings. The predicted octanol–water partition coefficient (Wildman–Crippen LogP) is 6.34. The van der Waals surface area contributed by atoms with Crippen LogP contribution in [0, 0.1) is 17.8 Å². The second-order valence-electron chi connectivity index (χ2n) is 10.9. The van der Waals surface area contributed by atoms with Gasteiger partial charge in [0.1, 0.15) is 0 Å². The van der Waals surface area contributed by atoms with Gasteiger partial charge in [-0.3, -0.25) is 9.59 Å². The highest BCUT2D eigenvalue weighted by atomic mass is 16.3. The van der Waals surface area contributed by atoms with Crippen LogP contribution in [0.5, 0.6) is 0 Å². The highest BCUT2D eigenvalue weighted by Gasteiger charge is 2.28. The summed E-state index contributed by atoms with van der Waals surface area (Å²) in [5.74, 6) is 1.02. The number of carbonyl (C=O) groups is 2. The molecule has 1 heterocycles. The number of amides is 2. The number of aliphatic hydroxyl groups is 1. The number of benzene rings is 2. The lowest BCUT2D eigenvalue weighted by molar-refractivity contribution is -0.132. The van der Waals surface area contributed by atoms with Crippen molar-refractivity contribution in [2.24, 2.45) is 22.9 Å². The molecule has 2 N–H and O–H groups in total.